The van der Waals surface area contributed by atoms with Crippen LogP contribution in [0.3, 0.4) is 0 Å². The molecular weight excluding hydrogens is 484 g/mol. The lowest BCUT2D eigenvalue weighted by molar-refractivity contribution is -0.0291. The summed E-state index contributed by atoms with van der Waals surface area (Å²) in [5, 5.41) is 11.5. The number of aliphatic hydroxyl groups is 1. The summed E-state index contributed by atoms with van der Waals surface area (Å²) in [7, 11) is -1.57. The van der Waals surface area contributed by atoms with Gasteiger partial charge in [-0.05, 0) is 43.1 Å². The quantitative estimate of drug-likeness (QED) is 0.514. The van der Waals surface area contributed by atoms with Crippen LogP contribution in [0.4, 0.5) is 0 Å². The maximum absolute atomic E-state index is 13.2. The molecule has 190 valence electrons. The highest BCUT2D eigenvalue weighted by atomic mass is 35.5. The van der Waals surface area contributed by atoms with E-state index < -0.39 is 22.4 Å². The Morgan fingerprint density at radius 2 is 1.94 bits per heavy atom. The third-order valence-corrected chi connectivity index (χ3v) is 9.18. The zero-order valence-electron chi connectivity index (χ0n) is 20.4. The van der Waals surface area contributed by atoms with E-state index in [4.69, 9.17) is 11.6 Å². The van der Waals surface area contributed by atoms with Gasteiger partial charge in [0, 0.05) is 56.9 Å². The maximum Gasteiger partial charge on any atom is 0.371 e. The summed E-state index contributed by atoms with van der Waals surface area (Å²) in [5.41, 5.74) is 2.88. The molecule has 1 saturated heterocycles. The minimum Gasteiger partial charge on any atom is -0.378 e. The molecule has 0 saturated carbocycles. The highest BCUT2D eigenvalue weighted by Crippen LogP contribution is 2.31. The van der Waals surface area contributed by atoms with Gasteiger partial charge >= 0.3 is 10.0 Å². The first-order chi connectivity index (χ1) is 16.7. The number of allylic oxidation sites excluding steroid dienone is 6. The average Bonchev–Trinajstić information content (AvgIpc) is 2.84. The number of piperazine rings is 1. The number of rotatable bonds is 8. The van der Waals surface area contributed by atoms with Crippen LogP contribution >= 0.6 is 11.6 Å². The van der Waals surface area contributed by atoms with Crippen molar-refractivity contribution in [2.75, 3.05) is 33.2 Å². The second-order valence-corrected chi connectivity index (χ2v) is 11.6. The molecular formula is C26H36ClN4O3S+. The van der Waals surface area contributed by atoms with Crippen molar-refractivity contribution in [3.05, 3.63) is 81.4 Å². The lowest BCUT2D eigenvalue weighted by Gasteiger charge is -2.39. The van der Waals surface area contributed by atoms with Gasteiger partial charge in [0.1, 0.15) is 17.3 Å². The van der Waals surface area contributed by atoms with Crippen molar-refractivity contribution in [3.8, 4) is 0 Å². The van der Waals surface area contributed by atoms with E-state index in [9.17, 15) is 13.5 Å². The summed E-state index contributed by atoms with van der Waals surface area (Å²) in [6.07, 6.45) is 8.09. The normalized spacial score (nSPS) is 24.7. The Labute approximate surface area is 214 Å². The SMILES string of the molecule is CC1=C(S(=O)(=[OH+])NC2C=CC=C(CC(O)N3CCN(Cc4ccccc4)CC3)N2C)CCC=C1Cl. The first kappa shape index (κ1) is 26.1. The van der Waals surface area contributed by atoms with Crippen LogP contribution in [0.2, 0.25) is 0 Å². The Morgan fingerprint density at radius 1 is 1.23 bits per heavy atom. The number of nitrogens with one attached hydrogen (secondary N) is 1. The largest absolute Gasteiger partial charge is 0.378 e. The number of aliphatic hydroxyl groups excluding tert-OH is 1. The van der Waals surface area contributed by atoms with Crippen LogP contribution in [-0.2, 0) is 16.6 Å². The first-order valence-corrected chi connectivity index (χ1v) is 14.0. The molecule has 1 aliphatic carbocycles. The average molecular weight is 520 g/mol. The van der Waals surface area contributed by atoms with Gasteiger partial charge in [0.15, 0.2) is 0 Å². The number of halogens is 1. The maximum atomic E-state index is 13.2. The minimum absolute atomic E-state index is 0.445. The zero-order chi connectivity index (χ0) is 25.0. The molecule has 0 aromatic heterocycles. The van der Waals surface area contributed by atoms with Crippen molar-refractivity contribution in [1.29, 1.82) is 0 Å². The summed E-state index contributed by atoms with van der Waals surface area (Å²) in [6.45, 7) is 6.12. The van der Waals surface area contributed by atoms with E-state index in [2.05, 4.69) is 38.8 Å². The molecule has 4 rings (SSSR count). The monoisotopic (exact) mass is 519 g/mol. The van der Waals surface area contributed by atoms with Crippen molar-refractivity contribution in [2.45, 2.75) is 45.1 Å². The van der Waals surface area contributed by atoms with E-state index in [1.165, 1.54) is 5.56 Å². The topological polar surface area (TPSA) is 80.4 Å². The van der Waals surface area contributed by atoms with E-state index in [-0.39, 0.29) is 0 Å². The third-order valence-electron chi connectivity index (χ3n) is 7.01. The van der Waals surface area contributed by atoms with E-state index >= 15 is 0 Å². The van der Waals surface area contributed by atoms with Crippen molar-refractivity contribution >= 4 is 21.6 Å². The van der Waals surface area contributed by atoms with Crippen LogP contribution in [0.25, 0.3) is 0 Å². The van der Waals surface area contributed by atoms with Crippen molar-refractivity contribution < 1.29 is 13.5 Å². The second kappa shape index (κ2) is 11.4. The summed E-state index contributed by atoms with van der Waals surface area (Å²) in [5.74, 6) is 0. The van der Waals surface area contributed by atoms with Gasteiger partial charge in [-0.25, -0.2) is 4.21 Å². The molecule has 1 aromatic carbocycles. The molecule has 9 heteroatoms. The summed E-state index contributed by atoms with van der Waals surface area (Å²) in [6, 6.07) is 10.5. The van der Waals surface area contributed by atoms with E-state index in [0.29, 0.717) is 34.8 Å². The van der Waals surface area contributed by atoms with Gasteiger partial charge in [0.05, 0.1) is 0 Å². The van der Waals surface area contributed by atoms with Crippen LogP contribution < -0.4 is 4.72 Å². The molecule has 0 bridgehead atoms. The van der Waals surface area contributed by atoms with Gasteiger partial charge in [-0.15, -0.1) is 4.72 Å². The smallest absolute Gasteiger partial charge is 0.371 e. The van der Waals surface area contributed by atoms with Crippen molar-refractivity contribution in [1.82, 2.24) is 19.4 Å². The lowest BCUT2D eigenvalue weighted by atomic mass is 10.1. The van der Waals surface area contributed by atoms with E-state index in [0.717, 1.165) is 38.4 Å². The molecule has 3 atom stereocenters. The fourth-order valence-electron chi connectivity index (χ4n) is 4.79. The molecule has 2 heterocycles. The van der Waals surface area contributed by atoms with Gasteiger partial charge in [-0.1, -0.05) is 54.1 Å². The predicted molar refractivity (Wildman–Crippen MR) is 142 cm³/mol. The molecule has 2 aliphatic heterocycles. The molecule has 3 unspecified atom stereocenters. The molecule has 7 nitrogen and oxygen atoms in total. The number of likely N-dealkylation sites (N-methyl/N-ethyl adjacent to an activating group) is 1. The Bertz CT molecular complexity index is 1120. The molecule has 0 amide bonds. The van der Waals surface area contributed by atoms with Crippen LogP contribution in [0.15, 0.2) is 75.8 Å². The van der Waals surface area contributed by atoms with Gasteiger partial charge in [-0.2, -0.15) is 4.21 Å². The summed E-state index contributed by atoms with van der Waals surface area (Å²) >= 11 is 6.21. The summed E-state index contributed by atoms with van der Waals surface area (Å²) in [4.78, 5) is 6.89. The molecule has 1 fully saturated rings. The fourth-order valence-corrected chi connectivity index (χ4v) is 6.69. The van der Waals surface area contributed by atoms with Gasteiger partial charge in [0.25, 0.3) is 0 Å². The number of hydrogen-bond donors (Lipinski definition) is 2. The molecule has 3 N–H and O–H groups in total. The zero-order valence-corrected chi connectivity index (χ0v) is 22.0. The molecule has 0 radical (unpaired) electrons. The van der Waals surface area contributed by atoms with Crippen molar-refractivity contribution in [3.63, 3.8) is 0 Å². The molecule has 0 spiro atoms. The van der Waals surface area contributed by atoms with Gasteiger partial charge in [-0.3, -0.25) is 9.80 Å². The molecule has 1 aromatic rings. The number of nitrogens with zero attached hydrogens (tertiary/aromatic N) is 3. The minimum atomic E-state index is -3.45. The first-order valence-electron chi connectivity index (χ1n) is 12.1. The van der Waals surface area contributed by atoms with Crippen LogP contribution in [0.1, 0.15) is 31.7 Å². The Morgan fingerprint density at radius 3 is 2.66 bits per heavy atom. The van der Waals surface area contributed by atoms with Gasteiger partial charge in [0.2, 0.25) is 0 Å². The molecule has 3 aliphatic rings. The Hall–Kier alpha value is -1.94. The predicted octanol–water partition coefficient (Wildman–Crippen LogP) is 3.49. The highest BCUT2D eigenvalue weighted by molar-refractivity contribution is 7.93. The van der Waals surface area contributed by atoms with Crippen LogP contribution in [-0.4, -0.2) is 73.8 Å². The second-order valence-electron chi connectivity index (χ2n) is 9.36. The lowest BCUT2D eigenvalue weighted by Crippen LogP contribution is -2.51. The van der Waals surface area contributed by atoms with Crippen molar-refractivity contribution in [2.24, 2.45) is 0 Å². The molecule has 35 heavy (non-hydrogen) atoms. The number of benzene rings is 1. The Kier molecular flexibility index (Phi) is 8.52. The van der Waals surface area contributed by atoms with E-state index in [1.807, 2.05) is 42.3 Å². The summed E-state index contributed by atoms with van der Waals surface area (Å²) < 4.78 is 27.0. The van der Waals surface area contributed by atoms with Gasteiger partial charge < -0.3 is 10.0 Å². The Balaban J connectivity index is 1.31. The van der Waals surface area contributed by atoms with Crippen LogP contribution in [0, 0.1) is 0 Å². The fraction of sp³-hybridized carbons (Fsp3) is 0.462. The standard InChI is InChI=1S/C26H35ClN4O3S/c1-20-23(27)11-7-12-24(20)35(33,34)28-25-13-6-10-22(29(25)2)18-26(32)31-16-14-30(15-17-31)19-21-8-4-3-5-9-21/h3-6,8-11,13,25-26,32H,7,12,14-19H2,1-2H3,(H,28,33,34)/p+1. The van der Waals surface area contributed by atoms with Crippen LogP contribution in [0.5, 0.6) is 0 Å². The third kappa shape index (κ3) is 6.44. The van der Waals surface area contributed by atoms with E-state index in [1.54, 1.807) is 6.92 Å². The highest BCUT2D eigenvalue weighted by Gasteiger charge is 2.33. The number of hydrogen-bond acceptors (Lipinski definition) is 5.